The Balaban J connectivity index is 1.49. The third-order valence-corrected chi connectivity index (χ3v) is 4.15. The van der Waals surface area contributed by atoms with E-state index in [-0.39, 0.29) is 6.61 Å². The number of carbonyl (C=O) groups excluding carboxylic acids is 1. The van der Waals surface area contributed by atoms with Crippen LogP contribution in [-0.4, -0.2) is 11.0 Å². The Morgan fingerprint density at radius 2 is 1.84 bits per heavy atom. The van der Waals surface area contributed by atoms with Crippen molar-refractivity contribution in [2.75, 3.05) is 5.32 Å². The Morgan fingerprint density at radius 1 is 1.12 bits per heavy atom. The number of hydrogen-bond donors (Lipinski definition) is 2. The third-order valence-electron chi connectivity index (χ3n) is 3.20. The molecular weight excluding hydrogens is 355 g/mol. The van der Waals surface area contributed by atoms with Gasteiger partial charge >= 0.3 is 12.2 Å². The Bertz CT molecular complexity index is 845. The summed E-state index contributed by atoms with van der Waals surface area (Å²) < 4.78 is 38.3. The minimum Gasteiger partial charge on any atom is -0.282 e. The summed E-state index contributed by atoms with van der Waals surface area (Å²) in [5.41, 5.74) is 2.69. The predicted molar refractivity (Wildman–Crippen MR) is 88.0 cm³/mol. The highest BCUT2D eigenvalue weighted by Crippen LogP contribution is 2.29. The van der Waals surface area contributed by atoms with Crippen LogP contribution in [0.1, 0.15) is 11.1 Å². The Morgan fingerprint density at radius 3 is 2.52 bits per heavy atom. The minimum atomic E-state index is -4.38. The number of alkyl halides is 3. The molecule has 3 aromatic rings. The van der Waals surface area contributed by atoms with Gasteiger partial charge in [-0.05, 0) is 29.8 Å². The first-order valence-corrected chi connectivity index (χ1v) is 7.94. The number of halogens is 3. The lowest BCUT2D eigenvalue weighted by Gasteiger charge is -2.08. The van der Waals surface area contributed by atoms with Gasteiger partial charge in [0.05, 0.1) is 22.4 Å². The van der Waals surface area contributed by atoms with Crippen molar-refractivity contribution in [3.05, 3.63) is 59.7 Å². The topological polar surface area (TPSA) is 63.2 Å². The maximum Gasteiger partial charge on any atom is 0.416 e. The van der Waals surface area contributed by atoms with E-state index in [2.05, 4.69) is 15.8 Å². The van der Waals surface area contributed by atoms with Crippen LogP contribution in [0.5, 0.6) is 0 Å². The molecular formula is C16H12F3N3O2S. The van der Waals surface area contributed by atoms with E-state index in [1.165, 1.54) is 23.5 Å². The number of amides is 2. The largest absolute Gasteiger partial charge is 0.416 e. The molecule has 9 heteroatoms. The summed E-state index contributed by atoms with van der Waals surface area (Å²) in [6.45, 7) is -0.0641. The molecule has 0 aliphatic rings. The highest BCUT2D eigenvalue weighted by Gasteiger charge is 2.29. The second-order valence-electron chi connectivity index (χ2n) is 5.03. The van der Waals surface area contributed by atoms with E-state index in [1.807, 2.05) is 24.3 Å². The van der Waals surface area contributed by atoms with Crippen LogP contribution in [0.25, 0.3) is 10.2 Å². The molecule has 2 N–H and O–H groups in total. The Labute approximate surface area is 144 Å². The number of fused-ring (bicyclic) bond motifs is 1. The van der Waals surface area contributed by atoms with Gasteiger partial charge in [-0.1, -0.05) is 35.6 Å². The van der Waals surface area contributed by atoms with Gasteiger partial charge in [-0.15, -0.1) is 0 Å². The van der Waals surface area contributed by atoms with E-state index in [9.17, 15) is 18.0 Å². The van der Waals surface area contributed by atoms with Crippen LogP contribution in [0.2, 0.25) is 0 Å². The average molecular weight is 367 g/mol. The quantitative estimate of drug-likeness (QED) is 0.664. The summed E-state index contributed by atoms with van der Waals surface area (Å²) in [4.78, 5) is 21.0. The molecule has 0 saturated carbocycles. The highest BCUT2D eigenvalue weighted by atomic mass is 32.1. The lowest BCUT2D eigenvalue weighted by Crippen LogP contribution is -2.28. The first kappa shape index (κ1) is 17.2. The van der Waals surface area contributed by atoms with Crippen LogP contribution in [0, 0.1) is 0 Å². The first-order valence-electron chi connectivity index (χ1n) is 7.12. The number of nitrogens with zero attached hydrogens (tertiary/aromatic N) is 1. The molecule has 2 aromatic carbocycles. The van der Waals surface area contributed by atoms with Crippen molar-refractivity contribution >= 4 is 32.7 Å². The first-order chi connectivity index (χ1) is 11.9. The maximum absolute atomic E-state index is 12.5. The van der Waals surface area contributed by atoms with Crippen LogP contribution in [-0.2, 0) is 17.6 Å². The lowest BCUT2D eigenvalue weighted by atomic mass is 10.1. The van der Waals surface area contributed by atoms with Gasteiger partial charge in [-0.25, -0.2) is 15.3 Å². The second-order valence-corrected chi connectivity index (χ2v) is 6.06. The van der Waals surface area contributed by atoms with E-state index in [0.29, 0.717) is 10.7 Å². The fourth-order valence-electron chi connectivity index (χ4n) is 2.02. The smallest absolute Gasteiger partial charge is 0.282 e. The van der Waals surface area contributed by atoms with Crippen molar-refractivity contribution in [1.29, 1.82) is 0 Å². The van der Waals surface area contributed by atoms with Crippen molar-refractivity contribution in [3.8, 4) is 0 Å². The highest BCUT2D eigenvalue weighted by molar-refractivity contribution is 7.22. The molecule has 0 spiro atoms. The molecule has 0 saturated heterocycles. The summed E-state index contributed by atoms with van der Waals surface area (Å²) in [7, 11) is 0. The number of carbonyl (C=O) groups is 1. The summed E-state index contributed by atoms with van der Waals surface area (Å²) in [5, 5.41) is 2.94. The van der Waals surface area contributed by atoms with Crippen LogP contribution >= 0.6 is 11.3 Å². The molecule has 1 aromatic heterocycles. The molecule has 0 fully saturated rings. The normalized spacial score (nSPS) is 11.5. The van der Waals surface area contributed by atoms with Gasteiger partial charge in [-0.2, -0.15) is 13.2 Å². The summed E-state index contributed by atoms with van der Waals surface area (Å²) >= 11 is 1.31. The molecule has 3 rings (SSSR count). The Hall–Kier alpha value is -2.65. The molecule has 0 aliphatic heterocycles. The fraction of sp³-hybridized carbons (Fsp3) is 0.125. The van der Waals surface area contributed by atoms with Crippen LogP contribution in [0.4, 0.5) is 23.1 Å². The number of nitrogens with one attached hydrogen (secondary N) is 2. The van der Waals surface area contributed by atoms with Gasteiger partial charge < -0.3 is 0 Å². The molecule has 130 valence electrons. The van der Waals surface area contributed by atoms with Gasteiger partial charge in [-0.3, -0.25) is 10.2 Å². The number of para-hydroxylation sites is 1. The number of rotatable bonds is 4. The zero-order chi connectivity index (χ0) is 17.9. The van der Waals surface area contributed by atoms with Crippen molar-refractivity contribution in [1.82, 2.24) is 10.5 Å². The SMILES string of the molecule is O=C(NOCc1ccc(C(F)(F)F)cc1)Nc1nc2ccccc2s1. The van der Waals surface area contributed by atoms with E-state index in [4.69, 9.17) is 4.84 Å². The molecule has 25 heavy (non-hydrogen) atoms. The number of hydroxylamine groups is 1. The lowest BCUT2D eigenvalue weighted by molar-refractivity contribution is -0.137. The molecule has 0 aliphatic carbocycles. The van der Waals surface area contributed by atoms with Crippen molar-refractivity contribution < 1.29 is 22.8 Å². The zero-order valence-electron chi connectivity index (χ0n) is 12.6. The van der Waals surface area contributed by atoms with Gasteiger partial charge in [0.15, 0.2) is 5.13 Å². The van der Waals surface area contributed by atoms with Gasteiger partial charge in [0.2, 0.25) is 0 Å². The summed E-state index contributed by atoms with van der Waals surface area (Å²) in [6, 6.07) is 11.3. The van der Waals surface area contributed by atoms with Crippen molar-refractivity contribution in [3.63, 3.8) is 0 Å². The van der Waals surface area contributed by atoms with E-state index >= 15 is 0 Å². The maximum atomic E-state index is 12.5. The number of aromatic nitrogens is 1. The summed E-state index contributed by atoms with van der Waals surface area (Å²) in [5.74, 6) is 0. The molecule has 0 radical (unpaired) electrons. The number of anilines is 1. The van der Waals surface area contributed by atoms with Gasteiger partial charge in [0, 0.05) is 0 Å². The van der Waals surface area contributed by atoms with Crippen molar-refractivity contribution in [2.24, 2.45) is 0 Å². The van der Waals surface area contributed by atoms with Crippen LogP contribution < -0.4 is 10.8 Å². The van der Waals surface area contributed by atoms with Crippen LogP contribution in [0.3, 0.4) is 0 Å². The molecule has 1 heterocycles. The minimum absolute atomic E-state index is 0.0641. The zero-order valence-corrected chi connectivity index (χ0v) is 13.4. The number of thiazole rings is 1. The third kappa shape index (κ3) is 4.46. The predicted octanol–water partition coefficient (Wildman–Crippen LogP) is 4.57. The van der Waals surface area contributed by atoms with Gasteiger partial charge in [0.25, 0.3) is 0 Å². The molecule has 0 unspecified atom stereocenters. The van der Waals surface area contributed by atoms with Crippen molar-refractivity contribution in [2.45, 2.75) is 12.8 Å². The molecule has 0 bridgehead atoms. The van der Waals surface area contributed by atoms with E-state index in [0.717, 1.165) is 22.3 Å². The average Bonchev–Trinajstić information content (AvgIpc) is 2.96. The molecule has 2 amide bonds. The standard InChI is InChI=1S/C16H12F3N3O2S/c17-16(18,19)11-7-5-10(6-8-11)9-24-22-14(23)21-15-20-12-3-1-2-4-13(12)25-15/h1-8H,9H2,(H2,20,21,22,23). The number of urea groups is 1. The van der Waals surface area contributed by atoms with E-state index in [1.54, 1.807) is 0 Å². The number of hydrogen-bond acceptors (Lipinski definition) is 4. The number of benzene rings is 2. The summed E-state index contributed by atoms with van der Waals surface area (Å²) in [6.07, 6.45) is -4.38. The van der Waals surface area contributed by atoms with Crippen LogP contribution in [0.15, 0.2) is 48.5 Å². The fourth-order valence-corrected chi connectivity index (χ4v) is 2.88. The molecule has 5 nitrogen and oxygen atoms in total. The monoisotopic (exact) mass is 367 g/mol. The van der Waals surface area contributed by atoms with E-state index < -0.39 is 17.8 Å². The second kappa shape index (κ2) is 7.08. The Kier molecular flexibility index (Phi) is 4.86. The van der Waals surface area contributed by atoms with Gasteiger partial charge in [0.1, 0.15) is 0 Å². The molecule has 0 atom stereocenters.